The van der Waals surface area contributed by atoms with E-state index in [1.165, 1.54) is 0 Å². The van der Waals surface area contributed by atoms with Crippen LogP contribution in [0, 0.1) is 0 Å². The van der Waals surface area contributed by atoms with Gasteiger partial charge in [0, 0.05) is 17.1 Å². The molecule has 1 aromatic carbocycles. The molecular formula is C18H23ClF3N3O2. The minimum absolute atomic E-state index is 0.0896. The van der Waals surface area contributed by atoms with E-state index in [1.54, 1.807) is 0 Å². The van der Waals surface area contributed by atoms with Gasteiger partial charge in [-0.25, -0.2) is 0 Å². The number of carbonyl (C=O) groups excluding carboxylic acids is 2. The zero-order chi connectivity index (χ0) is 20.6. The average Bonchev–Trinajstić information content (AvgIpc) is 2.44. The molecule has 1 aliphatic rings. The van der Waals surface area contributed by atoms with Gasteiger partial charge < -0.3 is 16.0 Å². The van der Waals surface area contributed by atoms with Gasteiger partial charge in [-0.3, -0.25) is 9.59 Å². The molecule has 1 fully saturated rings. The van der Waals surface area contributed by atoms with Gasteiger partial charge in [-0.2, -0.15) is 13.2 Å². The SMILES string of the molecule is CC1(C)CC(NC(=O)C(=O)Nc2cc(C(F)(F)F)ccc2Cl)CC(C)(C)N1. The third kappa shape index (κ3) is 5.84. The molecular weight excluding hydrogens is 383 g/mol. The largest absolute Gasteiger partial charge is 0.416 e. The Morgan fingerprint density at radius 3 is 2.19 bits per heavy atom. The predicted molar refractivity (Wildman–Crippen MR) is 97.5 cm³/mol. The summed E-state index contributed by atoms with van der Waals surface area (Å²) in [6.45, 7) is 7.98. The fraction of sp³-hybridized carbons (Fsp3) is 0.556. The van der Waals surface area contributed by atoms with Crippen LogP contribution in [0.2, 0.25) is 5.02 Å². The third-order valence-electron chi connectivity index (χ3n) is 4.27. The van der Waals surface area contributed by atoms with E-state index in [0.29, 0.717) is 18.9 Å². The molecule has 1 saturated heterocycles. The van der Waals surface area contributed by atoms with E-state index in [1.807, 2.05) is 27.7 Å². The summed E-state index contributed by atoms with van der Waals surface area (Å²) in [4.78, 5) is 24.4. The molecule has 0 aromatic heterocycles. The van der Waals surface area contributed by atoms with Crippen LogP contribution in [0.5, 0.6) is 0 Å². The lowest BCUT2D eigenvalue weighted by Crippen LogP contribution is -2.62. The highest BCUT2D eigenvalue weighted by Crippen LogP contribution is 2.34. The molecule has 150 valence electrons. The van der Waals surface area contributed by atoms with Crippen molar-refractivity contribution in [2.24, 2.45) is 0 Å². The summed E-state index contributed by atoms with van der Waals surface area (Å²) in [5.74, 6) is -1.98. The number of benzene rings is 1. The highest BCUT2D eigenvalue weighted by molar-refractivity contribution is 6.41. The molecule has 1 heterocycles. The Hall–Kier alpha value is -1.80. The van der Waals surface area contributed by atoms with Gasteiger partial charge in [-0.05, 0) is 58.7 Å². The molecule has 0 aliphatic carbocycles. The molecule has 1 aliphatic heterocycles. The summed E-state index contributed by atoms with van der Waals surface area (Å²) in [6, 6.07) is 2.28. The van der Waals surface area contributed by atoms with E-state index >= 15 is 0 Å². The quantitative estimate of drug-likeness (QED) is 0.657. The van der Waals surface area contributed by atoms with Crippen LogP contribution in [0.1, 0.15) is 46.1 Å². The van der Waals surface area contributed by atoms with Gasteiger partial charge in [0.25, 0.3) is 0 Å². The maximum Gasteiger partial charge on any atom is 0.416 e. The second-order valence-corrected chi connectivity index (χ2v) is 8.53. The number of piperidine rings is 1. The van der Waals surface area contributed by atoms with Crippen molar-refractivity contribution in [2.75, 3.05) is 5.32 Å². The van der Waals surface area contributed by atoms with Gasteiger partial charge in [-0.1, -0.05) is 11.6 Å². The molecule has 0 bridgehead atoms. The number of halogens is 4. The third-order valence-corrected chi connectivity index (χ3v) is 4.60. The van der Waals surface area contributed by atoms with Gasteiger partial charge in [0.2, 0.25) is 0 Å². The Balaban J connectivity index is 2.07. The standard InChI is InChI=1S/C18H23ClF3N3O2/c1-16(2)8-11(9-17(3,4)25-16)23-14(26)15(27)24-13-7-10(18(20,21)22)5-6-12(13)19/h5-7,11,25H,8-9H2,1-4H3,(H,23,26)(H,24,27). The van der Waals surface area contributed by atoms with Gasteiger partial charge in [0.1, 0.15) is 0 Å². The highest BCUT2D eigenvalue weighted by Gasteiger charge is 2.38. The van der Waals surface area contributed by atoms with Crippen molar-refractivity contribution in [3.05, 3.63) is 28.8 Å². The number of alkyl halides is 3. The Morgan fingerprint density at radius 1 is 1.11 bits per heavy atom. The van der Waals surface area contributed by atoms with Crippen molar-refractivity contribution in [1.82, 2.24) is 10.6 Å². The summed E-state index contributed by atoms with van der Waals surface area (Å²) < 4.78 is 38.4. The summed E-state index contributed by atoms with van der Waals surface area (Å²) in [5, 5.41) is 8.18. The van der Waals surface area contributed by atoms with Crippen LogP contribution in [0.3, 0.4) is 0 Å². The Labute approximate surface area is 161 Å². The van der Waals surface area contributed by atoms with E-state index in [-0.39, 0.29) is 27.8 Å². The van der Waals surface area contributed by atoms with E-state index in [4.69, 9.17) is 11.6 Å². The monoisotopic (exact) mass is 405 g/mol. The Bertz CT molecular complexity index is 732. The lowest BCUT2D eigenvalue weighted by Gasteiger charge is -2.46. The minimum Gasteiger partial charge on any atom is -0.345 e. The van der Waals surface area contributed by atoms with Gasteiger partial charge in [-0.15, -0.1) is 0 Å². The summed E-state index contributed by atoms with van der Waals surface area (Å²) in [5.41, 5.74) is -1.71. The van der Waals surface area contributed by atoms with E-state index in [9.17, 15) is 22.8 Å². The van der Waals surface area contributed by atoms with Crippen molar-refractivity contribution >= 4 is 29.1 Å². The van der Waals surface area contributed by atoms with E-state index in [0.717, 1.165) is 12.1 Å². The second-order valence-electron chi connectivity index (χ2n) is 8.12. The molecule has 27 heavy (non-hydrogen) atoms. The second kappa shape index (κ2) is 7.31. The molecule has 2 rings (SSSR count). The topological polar surface area (TPSA) is 70.2 Å². The fourth-order valence-electron chi connectivity index (χ4n) is 3.65. The molecule has 0 saturated carbocycles. The molecule has 0 spiro atoms. The van der Waals surface area contributed by atoms with E-state index < -0.39 is 23.6 Å². The van der Waals surface area contributed by atoms with Gasteiger partial charge >= 0.3 is 18.0 Å². The Kier molecular flexibility index (Phi) is 5.82. The van der Waals surface area contributed by atoms with Crippen LogP contribution in [-0.4, -0.2) is 28.9 Å². The number of rotatable bonds is 2. The van der Waals surface area contributed by atoms with Crippen LogP contribution in [0.25, 0.3) is 0 Å². The number of nitrogens with one attached hydrogen (secondary N) is 3. The molecule has 3 N–H and O–H groups in total. The van der Waals surface area contributed by atoms with E-state index in [2.05, 4.69) is 16.0 Å². The van der Waals surface area contributed by atoms with Crippen LogP contribution < -0.4 is 16.0 Å². The van der Waals surface area contributed by atoms with Crippen LogP contribution in [0.15, 0.2) is 18.2 Å². The fourth-order valence-corrected chi connectivity index (χ4v) is 3.82. The van der Waals surface area contributed by atoms with Gasteiger partial charge in [0.15, 0.2) is 0 Å². The van der Waals surface area contributed by atoms with Crippen molar-refractivity contribution in [1.29, 1.82) is 0 Å². The molecule has 5 nitrogen and oxygen atoms in total. The lowest BCUT2D eigenvalue weighted by molar-refractivity contribution is -0.137. The smallest absolute Gasteiger partial charge is 0.345 e. The van der Waals surface area contributed by atoms with Crippen molar-refractivity contribution < 1.29 is 22.8 Å². The first kappa shape index (κ1) is 21.5. The molecule has 0 unspecified atom stereocenters. The first-order valence-corrected chi connectivity index (χ1v) is 8.84. The highest BCUT2D eigenvalue weighted by atomic mass is 35.5. The lowest BCUT2D eigenvalue weighted by atomic mass is 9.79. The zero-order valence-corrected chi connectivity index (χ0v) is 16.3. The number of hydrogen-bond donors (Lipinski definition) is 3. The number of hydrogen-bond acceptors (Lipinski definition) is 3. The predicted octanol–water partition coefficient (Wildman–Crippen LogP) is 3.72. The number of anilines is 1. The first-order valence-electron chi connectivity index (χ1n) is 8.46. The van der Waals surface area contributed by atoms with Crippen molar-refractivity contribution in [3.63, 3.8) is 0 Å². The molecule has 9 heteroatoms. The summed E-state index contributed by atoms with van der Waals surface area (Å²) >= 11 is 5.84. The maximum atomic E-state index is 12.8. The van der Waals surface area contributed by atoms with Crippen LogP contribution >= 0.6 is 11.6 Å². The molecule has 0 atom stereocenters. The van der Waals surface area contributed by atoms with Crippen LogP contribution in [0.4, 0.5) is 18.9 Å². The number of amides is 2. The normalized spacial score (nSPS) is 19.4. The van der Waals surface area contributed by atoms with Crippen molar-refractivity contribution in [2.45, 2.75) is 63.8 Å². The minimum atomic E-state index is -4.58. The van der Waals surface area contributed by atoms with Gasteiger partial charge in [0.05, 0.1) is 16.3 Å². The first-order chi connectivity index (χ1) is 12.2. The zero-order valence-electron chi connectivity index (χ0n) is 15.6. The molecule has 0 radical (unpaired) electrons. The summed E-state index contributed by atoms with van der Waals surface area (Å²) in [7, 11) is 0. The summed E-state index contributed by atoms with van der Waals surface area (Å²) in [6.07, 6.45) is -3.36. The molecule has 2 amide bonds. The Morgan fingerprint density at radius 2 is 1.67 bits per heavy atom. The van der Waals surface area contributed by atoms with Crippen molar-refractivity contribution in [3.8, 4) is 0 Å². The maximum absolute atomic E-state index is 12.8. The van der Waals surface area contributed by atoms with Crippen LogP contribution in [-0.2, 0) is 15.8 Å². The molecule has 1 aromatic rings. The average molecular weight is 406 g/mol. The number of carbonyl (C=O) groups is 2.